The maximum absolute atomic E-state index is 12.8. The van der Waals surface area contributed by atoms with E-state index >= 15 is 0 Å². The van der Waals surface area contributed by atoms with E-state index in [-0.39, 0.29) is 30.0 Å². The molecule has 29 heavy (non-hydrogen) atoms. The second-order valence-corrected chi connectivity index (χ2v) is 10.6. The Bertz CT molecular complexity index is 928. The molecule has 0 aliphatic carbocycles. The van der Waals surface area contributed by atoms with E-state index in [1.807, 2.05) is 12.1 Å². The van der Waals surface area contributed by atoms with Crippen molar-refractivity contribution in [2.24, 2.45) is 11.8 Å². The molecule has 3 atom stereocenters. The molecule has 8 nitrogen and oxygen atoms in total. The van der Waals surface area contributed by atoms with E-state index in [0.717, 1.165) is 5.56 Å². The van der Waals surface area contributed by atoms with Gasteiger partial charge in [-0.25, -0.2) is 19.3 Å². The predicted molar refractivity (Wildman–Crippen MR) is 110 cm³/mol. The van der Waals surface area contributed by atoms with Crippen LogP contribution in [0.2, 0.25) is 0 Å². The van der Waals surface area contributed by atoms with Gasteiger partial charge >= 0.3 is 0 Å². The lowest BCUT2D eigenvalue weighted by atomic mass is 9.93. The SMILES string of the molecule is CC1C(NC(=O)C2CCN(S(=O)(=O)c3cccs3)CC2)NNC1c1ccncc1. The van der Waals surface area contributed by atoms with Crippen LogP contribution in [0.4, 0.5) is 0 Å². The Kier molecular flexibility index (Phi) is 5.98. The first-order chi connectivity index (χ1) is 14.0. The molecule has 0 bridgehead atoms. The smallest absolute Gasteiger partial charge is 0.252 e. The molecule has 2 aromatic rings. The number of hydrazine groups is 1. The van der Waals surface area contributed by atoms with Crippen LogP contribution in [0.1, 0.15) is 31.4 Å². The Morgan fingerprint density at radius 3 is 2.59 bits per heavy atom. The van der Waals surface area contributed by atoms with Crippen LogP contribution in [0.25, 0.3) is 0 Å². The molecular formula is C19H25N5O3S2. The molecule has 0 radical (unpaired) electrons. The number of nitrogens with zero attached hydrogens (tertiary/aromatic N) is 2. The van der Waals surface area contributed by atoms with Crippen LogP contribution in [0, 0.1) is 11.8 Å². The summed E-state index contributed by atoms with van der Waals surface area (Å²) in [5.74, 6) is -0.0564. The van der Waals surface area contributed by atoms with E-state index in [0.29, 0.717) is 30.1 Å². The van der Waals surface area contributed by atoms with Gasteiger partial charge in [0.25, 0.3) is 10.0 Å². The number of pyridine rings is 1. The number of carbonyl (C=O) groups excluding carboxylic acids is 1. The van der Waals surface area contributed by atoms with E-state index in [1.54, 1.807) is 29.9 Å². The number of hydrogen-bond donors (Lipinski definition) is 3. The first-order valence-corrected chi connectivity index (χ1v) is 12.0. The number of carbonyl (C=O) groups is 1. The lowest BCUT2D eigenvalue weighted by Crippen LogP contribution is -2.50. The molecule has 2 fully saturated rings. The minimum absolute atomic E-state index is 0.0281. The minimum atomic E-state index is -3.44. The highest BCUT2D eigenvalue weighted by atomic mass is 32.2. The highest BCUT2D eigenvalue weighted by Crippen LogP contribution is 2.29. The molecule has 4 rings (SSSR count). The van der Waals surface area contributed by atoms with Crippen molar-refractivity contribution in [3.8, 4) is 0 Å². The Morgan fingerprint density at radius 2 is 1.93 bits per heavy atom. The summed E-state index contributed by atoms with van der Waals surface area (Å²) in [6.07, 6.45) is 4.38. The molecule has 2 aliphatic heterocycles. The lowest BCUT2D eigenvalue weighted by Gasteiger charge is -2.31. The second-order valence-electron chi connectivity index (χ2n) is 7.50. The van der Waals surface area contributed by atoms with Gasteiger partial charge in [0.2, 0.25) is 5.91 Å². The molecule has 1 amide bonds. The van der Waals surface area contributed by atoms with Crippen molar-refractivity contribution in [3.63, 3.8) is 0 Å². The maximum Gasteiger partial charge on any atom is 0.252 e. The Morgan fingerprint density at radius 1 is 1.21 bits per heavy atom. The van der Waals surface area contributed by atoms with Gasteiger partial charge in [0.05, 0.1) is 12.2 Å². The first kappa shape index (κ1) is 20.4. The number of piperidine rings is 1. The van der Waals surface area contributed by atoms with Crippen LogP contribution < -0.4 is 16.2 Å². The average Bonchev–Trinajstić information content (AvgIpc) is 3.40. The van der Waals surface area contributed by atoms with Crippen LogP contribution in [-0.2, 0) is 14.8 Å². The normalized spacial score (nSPS) is 26.4. The Hall–Kier alpha value is -1.85. The van der Waals surface area contributed by atoms with Gasteiger partial charge < -0.3 is 5.32 Å². The van der Waals surface area contributed by atoms with Gasteiger partial charge in [-0.1, -0.05) is 13.0 Å². The standard InChI is InChI=1S/C19H25N5O3S2/c1-13-17(14-4-8-20-9-5-14)22-23-18(13)21-19(25)15-6-10-24(11-7-15)29(26,27)16-3-2-12-28-16/h2-5,8-9,12-13,15,17-18,22-23H,6-7,10-11H2,1H3,(H,21,25). The summed E-state index contributed by atoms with van der Waals surface area (Å²) in [7, 11) is -3.44. The number of aromatic nitrogens is 1. The quantitative estimate of drug-likeness (QED) is 0.657. The fraction of sp³-hybridized carbons (Fsp3) is 0.474. The zero-order valence-corrected chi connectivity index (χ0v) is 17.7. The topological polar surface area (TPSA) is 103 Å². The average molecular weight is 436 g/mol. The Balaban J connectivity index is 1.31. The molecule has 4 heterocycles. The van der Waals surface area contributed by atoms with E-state index in [1.165, 1.54) is 15.6 Å². The van der Waals surface area contributed by atoms with E-state index in [2.05, 4.69) is 28.1 Å². The molecule has 0 aromatic carbocycles. The van der Waals surface area contributed by atoms with Crippen molar-refractivity contribution in [3.05, 3.63) is 47.6 Å². The van der Waals surface area contributed by atoms with Gasteiger partial charge in [-0.3, -0.25) is 9.78 Å². The number of amides is 1. The monoisotopic (exact) mass is 435 g/mol. The summed E-state index contributed by atoms with van der Waals surface area (Å²) < 4.78 is 27.1. The minimum Gasteiger partial charge on any atom is -0.339 e. The molecule has 3 N–H and O–H groups in total. The predicted octanol–water partition coefficient (Wildman–Crippen LogP) is 1.47. The zero-order chi connectivity index (χ0) is 20.4. The van der Waals surface area contributed by atoms with Crippen molar-refractivity contribution in [2.45, 2.75) is 36.2 Å². The number of thiophene rings is 1. The molecule has 2 aromatic heterocycles. The van der Waals surface area contributed by atoms with Crippen LogP contribution in [0.15, 0.2) is 46.2 Å². The summed E-state index contributed by atoms with van der Waals surface area (Å²) in [5, 5.41) is 4.85. The van der Waals surface area contributed by atoms with Crippen LogP contribution in [0.3, 0.4) is 0 Å². The largest absolute Gasteiger partial charge is 0.339 e. The summed E-state index contributed by atoms with van der Waals surface area (Å²) >= 11 is 1.22. The highest BCUT2D eigenvalue weighted by molar-refractivity contribution is 7.91. The van der Waals surface area contributed by atoms with Crippen molar-refractivity contribution >= 4 is 27.3 Å². The van der Waals surface area contributed by atoms with E-state index < -0.39 is 10.0 Å². The third-order valence-electron chi connectivity index (χ3n) is 5.72. The number of rotatable bonds is 5. The summed E-state index contributed by atoms with van der Waals surface area (Å²) in [6, 6.07) is 7.37. The summed E-state index contributed by atoms with van der Waals surface area (Å²) in [5.41, 5.74) is 7.53. The number of hydrogen-bond acceptors (Lipinski definition) is 7. The zero-order valence-electron chi connectivity index (χ0n) is 16.1. The molecule has 2 saturated heterocycles. The number of sulfonamides is 1. The van der Waals surface area contributed by atoms with Gasteiger partial charge in [-0.15, -0.1) is 11.3 Å². The van der Waals surface area contributed by atoms with Gasteiger partial charge in [0, 0.05) is 37.3 Å². The highest BCUT2D eigenvalue weighted by Gasteiger charge is 2.37. The summed E-state index contributed by atoms with van der Waals surface area (Å²) in [4.78, 5) is 16.8. The van der Waals surface area contributed by atoms with Gasteiger partial charge in [-0.2, -0.15) is 4.31 Å². The van der Waals surface area contributed by atoms with Crippen LogP contribution >= 0.6 is 11.3 Å². The van der Waals surface area contributed by atoms with Crippen LogP contribution in [-0.4, -0.2) is 42.9 Å². The number of nitrogens with one attached hydrogen (secondary N) is 3. The van der Waals surface area contributed by atoms with Gasteiger partial charge in [-0.05, 0) is 42.0 Å². The van der Waals surface area contributed by atoms with E-state index in [4.69, 9.17) is 0 Å². The summed E-state index contributed by atoms with van der Waals surface area (Å²) in [6.45, 7) is 2.81. The fourth-order valence-electron chi connectivity index (χ4n) is 3.93. The molecule has 0 saturated carbocycles. The molecular weight excluding hydrogens is 410 g/mol. The van der Waals surface area contributed by atoms with Crippen LogP contribution in [0.5, 0.6) is 0 Å². The molecule has 10 heteroatoms. The van der Waals surface area contributed by atoms with Crippen molar-refractivity contribution in [1.82, 2.24) is 25.5 Å². The maximum atomic E-state index is 12.8. The van der Waals surface area contributed by atoms with Crippen molar-refractivity contribution in [2.75, 3.05) is 13.1 Å². The van der Waals surface area contributed by atoms with E-state index in [9.17, 15) is 13.2 Å². The lowest BCUT2D eigenvalue weighted by molar-refractivity contribution is -0.127. The molecule has 3 unspecified atom stereocenters. The third kappa shape index (κ3) is 4.22. The fourth-order valence-corrected chi connectivity index (χ4v) is 6.54. The van der Waals surface area contributed by atoms with Crippen molar-refractivity contribution < 1.29 is 13.2 Å². The van der Waals surface area contributed by atoms with Gasteiger partial charge in [0.1, 0.15) is 4.21 Å². The van der Waals surface area contributed by atoms with Gasteiger partial charge in [0.15, 0.2) is 0 Å². The Labute approximate surface area is 174 Å². The third-order valence-corrected chi connectivity index (χ3v) is 8.99. The molecule has 156 valence electrons. The van der Waals surface area contributed by atoms with Crippen molar-refractivity contribution in [1.29, 1.82) is 0 Å². The molecule has 2 aliphatic rings. The first-order valence-electron chi connectivity index (χ1n) is 9.72. The molecule has 0 spiro atoms. The second kappa shape index (κ2) is 8.49.